The molecule has 0 spiro atoms. The number of halogens is 2. The van der Waals surface area contributed by atoms with Crippen molar-refractivity contribution in [1.82, 2.24) is 0 Å². The Morgan fingerprint density at radius 2 is 1.82 bits per heavy atom. The van der Waals surface area contributed by atoms with Crippen LogP contribution in [0.1, 0.15) is 6.92 Å². The molecule has 0 heterocycles. The van der Waals surface area contributed by atoms with Gasteiger partial charge in [-0.3, -0.25) is 0 Å². The fourth-order valence-electron chi connectivity index (χ4n) is 1.80. The molecular weight excluding hydrogens is 298 g/mol. The molecule has 0 radical (unpaired) electrons. The van der Waals surface area contributed by atoms with Crippen LogP contribution in [0.3, 0.4) is 0 Å². The van der Waals surface area contributed by atoms with Crippen LogP contribution in [0, 0.1) is 0 Å². The Morgan fingerprint density at radius 3 is 2.41 bits per heavy atom. The summed E-state index contributed by atoms with van der Waals surface area (Å²) in [5.74, 6) is 0. The molecule has 0 N–H and O–H groups in total. The van der Waals surface area contributed by atoms with Gasteiger partial charge in [-0.2, -0.15) is 0 Å². The summed E-state index contributed by atoms with van der Waals surface area (Å²) in [6.45, 7) is 3.00. The maximum atomic E-state index is 6.28. The third-order valence-corrected chi connectivity index (χ3v) is 3.38. The number of para-hydroxylation sites is 1. The van der Waals surface area contributed by atoms with Gasteiger partial charge in [-0.15, -0.1) is 0 Å². The minimum atomic E-state index is 0.755. The molecule has 2 aromatic rings. The number of hydrogen-bond donors (Lipinski definition) is 0. The summed E-state index contributed by atoms with van der Waals surface area (Å²) < 4.78 is 0.996. The van der Waals surface area contributed by atoms with Crippen LogP contribution in [0.25, 0.3) is 0 Å². The predicted molar refractivity (Wildman–Crippen MR) is 78.3 cm³/mol. The van der Waals surface area contributed by atoms with E-state index in [9.17, 15) is 0 Å². The predicted octanol–water partition coefficient (Wildman–Crippen LogP) is 5.26. The largest absolute Gasteiger partial charge is 0.341 e. The second kappa shape index (κ2) is 5.56. The Labute approximate surface area is 115 Å². The highest BCUT2D eigenvalue weighted by atomic mass is 79.9. The van der Waals surface area contributed by atoms with Crippen LogP contribution in [0.2, 0.25) is 5.02 Å². The topological polar surface area (TPSA) is 3.24 Å². The van der Waals surface area contributed by atoms with Gasteiger partial charge in [0.25, 0.3) is 0 Å². The van der Waals surface area contributed by atoms with Crippen LogP contribution in [0.15, 0.2) is 53.0 Å². The first kappa shape index (κ1) is 12.5. The molecule has 2 rings (SSSR count). The van der Waals surface area contributed by atoms with Gasteiger partial charge in [0.2, 0.25) is 0 Å². The van der Waals surface area contributed by atoms with E-state index >= 15 is 0 Å². The zero-order chi connectivity index (χ0) is 12.3. The monoisotopic (exact) mass is 309 g/mol. The number of nitrogens with zero attached hydrogens (tertiary/aromatic N) is 1. The van der Waals surface area contributed by atoms with Crippen LogP contribution in [0.4, 0.5) is 11.4 Å². The first-order valence-corrected chi connectivity index (χ1v) is 6.67. The molecule has 0 saturated carbocycles. The Bertz CT molecular complexity index is 499. The Morgan fingerprint density at radius 1 is 1.12 bits per heavy atom. The molecular formula is C14H13BrClN. The van der Waals surface area contributed by atoms with Gasteiger partial charge in [-0.25, -0.2) is 0 Å². The number of rotatable bonds is 3. The molecule has 0 aliphatic heterocycles. The first-order chi connectivity index (χ1) is 8.22. The van der Waals surface area contributed by atoms with Gasteiger partial charge in [0.05, 0.1) is 10.7 Å². The van der Waals surface area contributed by atoms with Crippen molar-refractivity contribution in [2.24, 2.45) is 0 Å². The standard InChI is InChI=1S/C14H13BrClN/c1-2-17(12-6-4-3-5-7-12)14-9-8-11(15)10-13(14)16/h3-10H,2H2,1H3. The van der Waals surface area contributed by atoms with Gasteiger partial charge in [-0.05, 0) is 37.3 Å². The first-order valence-electron chi connectivity index (χ1n) is 5.50. The molecule has 0 atom stereocenters. The summed E-state index contributed by atoms with van der Waals surface area (Å²) in [7, 11) is 0. The van der Waals surface area contributed by atoms with E-state index < -0.39 is 0 Å². The molecule has 0 aliphatic carbocycles. The molecule has 0 bridgehead atoms. The van der Waals surface area contributed by atoms with Crippen molar-refractivity contribution >= 4 is 38.9 Å². The fraction of sp³-hybridized carbons (Fsp3) is 0.143. The zero-order valence-electron chi connectivity index (χ0n) is 9.53. The Hall–Kier alpha value is -0.990. The molecule has 2 aromatic carbocycles. The van der Waals surface area contributed by atoms with E-state index in [0.717, 1.165) is 27.4 Å². The molecule has 0 unspecified atom stereocenters. The lowest BCUT2D eigenvalue weighted by atomic mass is 10.2. The molecule has 1 nitrogen and oxygen atoms in total. The van der Waals surface area contributed by atoms with Crippen LogP contribution in [-0.2, 0) is 0 Å². The van der Waals surface area contributed by atoms with E-state index in [2.05, 4.69) is 39.9 Å². The van der Waals surface area contributed by atoms with Crippen molar-refractivity contribution in [3.8, 4) is 0 Å². The lowest BCUT2D eigenvalue weighted by Crippen LogP contribution is -2.16. The fourth-order valence-corrected chi connectivity index (χ4v) is 2.58. The second-order valence-electron chi connectivity index (χ2n) is 3.68. The highest BCUT2D eigenvalue weighted by Crippen LogP contribution is 2.33. The molecule has 17 heavy (non-hydrogen) atoms. The smallest absolute Gasteiger partial charge is 0.0654 e. The molecule has 3 heteroatoms. The van der Waals surface area contributed by atoms with E-state index in [1.165, 1.54) is 0 Å². The second-order valence-corrected chi connectivity index (χ2v) is 5.00. The highest BCUT2D eigenvalue weighted by molar-refractivity contribution is 9.10. The van der Waals surface area contributed by atoms with Crippen LogP contribution in [-0.4, -0.2) is 6.54 Å². The summed E-state index contributed by atoms with van der Waals surface area (Å²) >= 11 is 9.70. The average Bonchev–Trinajstić information content (AvgIpc) is 2.34. The van der Waals surface area contributed by atoms with Gasteiger partial charge in [0.15, 0.2) is 0 Å². The van der Waals surface area contributed by atoms with Gasteiger partial charge in [0.1, 0.15) is 0 Å². The van der Waals surface area contributed by atoms with Crippen molar-refractivity contribution in [3.63, 3.8) is 0 Å². The molecule has 0 amide bonds. The summed E-state index contributed by atoms with van der Waals surface area (Å²) in [4.78, 5) is 2.19. The third kappa shape index (κ3) is 2.82. The number of hydrogen-bond acceptors (Lipinski definition) is 1. The Kier molecular flexibility index (Phi) is 4.08. The maximum Gasteiger partial charge on any atom is 0.0654 e. The van der Waals surface area contributed by atoms with Crippen LogP contribution >= 0.6 is 27.5 Å². The summed E-state index contributed by atoms with van der Waals surface area (Å²) in [5.41, 5.74) is 2.18. The van der Waals surface area contributed by atoms with Gasteiger partial charge in [0, 0.05) is 16.7 Å². The van der Waals surface area contributed by atoms with E-state index in [4.69, 9.17) is 11.6 Å². The lowest BCUT2D eigenvalue weighted by Gasteiger charge is -2.24. The van der Waals surface area contributed by atoms with Crippen molar-refractivity contribution in [2.45, 2.75) is 6.92 Å². The molecule has 88 valence electrons. The van der Waals surface area contributed by atoms with Crippen molar-refractivity contribution in [3.05, 3.63) is 58.0 Å². The summed E-state index contributed by atoms with van der Waals surface area (Å²) in [6, 6.07) is 16.2. The third-order valence-electron chi connectivity index (χ3n) is 2.58. The summed E-state index contributed by atoms with van der Waals surface area (Å²) in [6.07, 6.45) is 0. The minimum Gasteiger partial charge on any atom is -0.341 e. The van der Waals surface area contributed by atoms with Crippen LogP contribution in [0.5, 0.6) is 0 Å². The molecule has 0 fully saturated rings. The normalized spacial score (nSPS) is 10.3. The van der Waals surface area contributed by atoms with Gasteiger partial charge >= 0.3 is 0 Å². The lowest BCUT2D eigenvalue weighted by molar-refractivity contribution is 1.02. The van der Waals surface area contributed by atoms with Gasteiger partial charge < -0.3 is 4.90 Å². The highest BCUT2D eigenvalue weighted by Gasteiger charge is 2.10. The van der Waals surface area contributed by atoms with Crippen molar-refractivity contribution < 1.29 is 0 Å². The molecule has 0 aromatic heterocycles. The minimum absolute atomic E-state index is 0.755. The maximum absolute atomic E-state index is 6.28. The van der Waals surface area contributed by atoms with E-state index in [1.807, 2.05) is 36.4 Å². The average molecular weight is 311 g/mol. The van der Waals surface area contributed by atoms with Crippen molar-refractivity contribution in [2.75, 3.05) is 11.4 Å². The number of anilines is 2. The SMILES string of the molecule is CCN(c1ccccc1)c1ccc(Br)cc1Cl. The van der Waals surface area contributed by atoms with Gasteiger partial charge in [-0.1, -0.05) is 45.7 Å². The quantitative estimate of drug-likeness (QED) is 0.747. The molecule has 0 aliphatic rings. The molecule has 0 saturated heterocycles. The van der Waals surface area contributed by atoms with E-state index in [-0.39, 0.29) is 0 Å². The van der Waals surface area contributed by atoms with Crippen LogP contribution < -0.4 is 4.90 Å². The number of benzene rings is 2. The summed E-state index contributed by atoms with van der Waals surface area (Å²) in [5, 5.41) is 0.755. The van der Waals surface area contributed by atoms with Crippen molar-refractivity contribution in [1.29, 1.82) is 0 Å². The Balaban J connectivity index is 2.42. The van der Waals surface area contributed by atoms with E-state index in [0.29, 0.717) is 0 Å². The zero-order valence-corrected chi connectivity index (χ0v) is 11.9. The van der Waals surface area contributed by atoms with E-state index in [1.54, 1.807) is 0 Å².